The highest BCUT2D eigenvalue weighted by Crippen LogP contribution is 2.40. The van der Waals surface area contributed by atoms with Gasteiger partial charge in [-0.2, -0.15) is 36.8 Å². The zero-order valence-electron chi connectivity index (χ0n) is 12.3. The second kappa shape index (κ2) is 6.42. The largest absolute Gasteiger partial charge is 0.416 e. The summed E-state index contributed by atoms with van der Waals surface area (Å²) in [6.45, 7) is 1.01. The van der Waals surface area contributed by atoms with Crippen LogP contribution in [0.25, 0.3) is 5.57 Å². The molecule has 1 aromatic heterocycles. The third kappa shape index (κ3) is 4.06. The van der Waals surface area contributed by atoms with Crippen LogP contribution in [0.5, 0.6) is 0 Å². The first-order chi connectivity index (χ1) is 11.5. The van der Waals surface area contributed by atoms with Crippen molar-refractivity contribution < 1.29 is 26.3 Å². The van der Waals surface area contributed by atoms with Crippen LogP contribution < -0.4 is 5.32 Å². The summed E-state index contributed by atoms with van der Waals surface area (Å²) in [6, 6.07) is 2.21. The Labute approximate surface area is 136 Å². The molecule has 1 heterocycles. The fraction of sp³-hybridized carbons (Fsp3) is 0.231. The van der Waals surface area contributed by atoms with Gasteiger partial charge in [-0.15, -0.1) is 10.2 Å². The van der Waals surface area contributed by atoms with Gasteiger partial charge in [0.2, 0.25) is 5.82 Å². The number of hydrogen-bond donors (Lipinski definition) is 2. The number of anilines is 1. The highest BCUT2D eigenvalue weighted by molar-refractivity contribution is 5.74. The third-order valence-electron chi connectivity index (χ3n) is 3.12. The van der Waals surface area contributed by atoms with Crippen LogP contribution in [0.4, 0.5) is 32.0 Å². The molecule has 0 unspecified atom stereocenters. The number of alkyl halides is 6. The lowest BCUT2D eigenvalue weighted by Crippen LogP contribution is -2.14. The summed E-state index contributed by atoms with van der Waals surface area (Å²) >= 11 is 0. The number of hydrogen-bond acceptors (Lipinski definition) is 5. The normalized spacial score (nSPS) is 12.8. The van der Waals surface area contributed by atoms with Gasteiger partial charge in [0, 0.05) is 11.9 Å². The minimum Gasteiger partial charge on any atom is -0.360 e. The molecule has 0 radical (unpaired) electrons. The number of allylic oxidation sites excluding steroid dienone is 1. The summed E-state index contributed by atoms with van der Waals surface area (Å²) < 4.78 is 77.6. The maximum Gasteiger partial charge on any atom is 0.416 e. The van der Waals surface area contributed by atoms with Crippen molar-refractivity contribution in [3.63, 3.8) is 0 Å². The number of aromatic nitrogens is 4. The van der Waals surface area contributed by atoms with Gasteiger partial charge in [0.25, 0.3) is 0 Å². The Kier molecular flexibility index (Phi) is 4.69. The van der Waals surface area contributed by atoms with Crippen LogP contribution in [-0.4, -0.2) is 20.6 Å². The Bertz CT molecular complexity index is 828. The predicted octanol–water partition coefficient (Wildman–Crippen LogP) is 3.52. The second-order valence-corrected chi connectivity index (χ2v) is 4.74. The number of halogens is 6. The van der Waals surface area contributed by atoms with Crippen LogP contribution in [-0.2, 0) is 12.4 Å². The minimum atomic E-state index is -4.97. The summed E-state index contributed by atoms with van der Waals surface area (Å²) in [5.74, 6) is -0.171. The van der Waals surface area contributed by atoms with Gasteiger partial charge in [-0.05, 0) is 29.8 Å². The van der Waals surface area contributed by atoms with E-state index in [4.69, 9.17) is 5.26 Å². The van der Waals surface area contributed by atoms with E-state index >= 15 is 0 Å². The Morgan fingerprint density at radius 3 is 2.36 bits per heavy atom. The van der Waals surface area contributed by atoms with Crippen LogP contribution in [0.2, 0.25) is 0 Å². The predicted molar refractivity (Wildman–Crippen MR) is 72.6 cm³/mol. The summed E-state index contributed by atoms with van der Waals surface area (Å²) in [5.41, 5.74) is -4.06. The number of benzene rings is 1. The molecule has 6 nitrogen and oxygen atoms in total. The molecule has 1 aromatic carbocycles. The Balaban J connectivity index is 2.52. The van der Waals surface area contributed by atoms with E-state index in [1.165, 1.54) is 0 Å². The van der Waals surface area contributed by atoms with Crippen molar-refractivity contribution in [2.75, 3.05) is 5.32 Å². The molecule has 0 aliphatic heterocycles. The van der Waals surface area contributed by atoms with Crippen molar-refractivity contribution in [1.82, 2.24) is 20.6 Å². The van der Waals surface area contributed by atoms with Gasteiger partial charge < -0.3 is 5.32 Å². The molecule has 0 bridgehead atoms. The zero-order valence-corrected chi connectivity index (χ0v) is 12.3. The molecular weight excluding hydrogens is 354 g/mol. The lowest BCUT2D eigenvalue weighted by Gasteiger charge is -2.17. The number of tetrazole rings is 1. The van der Waals surface area contributed by atoms with Gasteiger partial charge in [0.05, 0.1) is 11.1 Å². The standard InChI is InChI=1S/C13H8F6N6/c1-6-9(13(17,18)19)2-8(12(14,15)16)3-10(6)21-5-7(4-20)11-22-24-25-23-11/h2-3,5,21H,1H3,(H,22,23,24,25). The van der Waals surface area contributed by atoms with Gasteiger partial charge in [0.15, 0.2) is 0 Å². The molecule has 0 fully saturated rings. The van der Waals surface area contributed by atoms with Crippen molar-refractivity contribution in [2.45, 2.75) is 19.3 Å². The minimum absolute atomic E-state index is 0.0363. The smallest absolute Gasteiger partial charge is 0.360 e. The number of rotatable bonds is 3. The van der Waals surface area contributed by atoms with Crippen molar-refractivity contribution in [3.8, 4) is 6.07 Å². The fourth-order valence-corrected chi connectivity index (χ4v) is 1.89. The van der Waals surface area contributed by atoms with Gasteiger partial charge in [0.1, 0.15) is 11.6 Å². The van der Waals surface area contributed by atoms with Crippen molar-refractivity contribution >= 4 is 11.3 Å². The van der Waals surface area contributed by atoms with Crippen molar-refractivity contribution in [3.05, 3.63) is 40.8 Å². The molecule has 0 atom stereocenters. The Morgan fingerprint density at radius 1 is 1.20 bits per heavy atom. The molecule has 2 N–H and O–H groups in total. The molecule has 0 amide bonds. The van der Waals surface area contributed by atoms with E-state index in [1.807, 2.05) is 0 Å². The van der Waals surface area contributed by atoms with Crippen LogP contribution >= 0.6 is 0 Å². The molecule has 0 spiro atoms. The summed E-state index contributed by atoms with van der Waals surface area (Å²) in [4.78, 5) is 0. The number of nitrogens with one attached hydrogen (secondary N) is 2. The van der Waals surface area contributed by atoms with E-state index in [2.05, 4.69) is 25.9 Å². The maximum absolute atomic E-state index is 13.0. The number of nitrogens with zero attached hydrogens (tertiary/aromatic N) is 4. The number of nitriles is 1. The summed E-state index contributed by atoms with van der Waals surface area (Å²) in [5, 5.41) is 23.5. The quantitative estimate of drug-likeness (QED) is 0.644. The molecule has 0 saturated carbocycles. The van der Waals surface area contributed by atoms with Crippen molar-refractivity contribution in [2.24, 2.45) is 0 Å². The van der Waals surface area contributed by atoms with E-state index in [9.17, 15) is 26.3 Å². The molecule has 25 heavy (non-hydrogen) atoms. The highest BCUT2D eigenvalue weighted by atomic mass is 19.4. The number of H-pyrrole nitrogens is 1. The monoisotopic (exact) mass is 362 g/mol. The van der Waals surface area contributed by atoms with E-state index in [0.717, 1.165) is 13.1 Å². The maximum atomic E-state index is 13.0. The molecule has 0 saturated heterocycles. The van der Waals surface area contributed by atoms with Crippen LogP contribution in [0.3, 0.4) is 0 Å². The number of aromatic amines is 1. The molecular formula is C13H8F6N6. The van der Waals surface area contributed by atoms with E-state index in [0.29, 0.717) is 6.07 Å². The fourth-order valence-electron chi connectivity index (χ4n) is 1.89. The first-order valence-electron chi connectivity index (χ1n) is 6.43. The topological polar surface area (TPSA) is 90.3 Å². The van der Waals surface area contributed by atoms with E-state index in [-0.39, 0.29) is 17.5 Å². The van der Waals surface area contributed by atoms with E-state index < -0.39 is 34.7 Å². The second-order valence-electron chi connectivity index (χ2n) is 4.74. The first kappa shape index (κ1) is 18.2. The Morgan fingerprint density at radius 2 is 1.88 bits per heavy atom. The molecule has 0 aliphatic carbocycles. The third-order valence-corrected chi connectivity index (χ3v) is 3.12. The SMILES string of the molecule is Cc1c(NC=C(C#N)c2nn[nH]n2)cc(C(F)(F)F)cc1C(F)(F)F. The molecule has 2 rings (SSSR count). The van der Waals surface area contributed by atoms with Crippen molar-refractivity contribution in [1.29, 1.82) is 5.26 Å². The zero-order chi connectivity index (χ0) is 18.8. The average molecular weight is 362 g/mol. The van der Waals surface area contributed by atoms with E-state index in [1.54, 1.807) is 6.07 Å². The van der Waals surface area contributed by atoms with Crippen LogP contribution in [0.1, 0.15) is 22.5 Å². The molecule has 0 aliphatic rings. The van der Waals surface area contributed by atoms with Gasteiger partial charge in [-0.1, -0.05) is 0 Å². The van der Waals surface area contributed by atoms with Gasteiger partial charge in [-0.25, -0.2) is 0 Å². The highest BCUT2D eigenvalue weighted by Gasteiger charge is 2.38. The average Bonchev–Trinajstić information content (AvgIpc) is 3.01. The first-order valence-corrected chi connectivity index (χ1v) is 6.43. The molecule has 2 aromatic rings. The lowest BCUT2D eigenvalue weighted by atomic mass is 10.0. The van der Waals surface area contributed by atoms with Gasteiger partial charge in [-0.3, -0.25) is 0 Å². The van der Waals surface area contributed by atoms with Crippen LogP contribution in [0, 0.1) is 18.3 Å². The summed E-state index contributed by atoms with van der Waals surface area (Å²) in [6.07, 6.45) is -9.05. The Hall–Kier alpha value is -3.10. The molecule has 12 heteroatoms. The lowest BCUT2D eigenvalue weighted by molar-refractivity contribution is -0.143. The molecule has 132 valence electrons. The van der Waals surface area contributed by atoms with Gasteiger partial charge >= 0.3 is 12.4 Å². The van der Waals surface area contributed by atoms with Crippen LogP contribution in [0.15, 0.2) is 18.3 Å². The summed E-state index contributed by atoms with van der Waals surface area (Å²) in [7, 11) is 0.